The molecule has 1 aromatic carbocycles. The average Bonchev–Trinajstić information content (AvgIpc) is 3.01. The van der Waals surface area contributed by atoms with Gasteiger partial charge in [-0.3, -0.25) is 10.1 Å². The number of imide groups is 1. The van der Waals surface area contributed by atoms with Gasteiger partial charge in [0, 0.05) is 31.3 Å². The molecular formula is C21H28ClN3O5S. The van der Waals surface area contributed by atoms with E-state index in [1.54, 1.807) is 0 Å². The summed E-state index contributed by atoms with van der Waals surface area (Å²) in [6.07, 6.45) is 3.20. The zero-order chi connectivity index (χ0) is 22.1. The lowest BCUT2D eigenvalue weighted by molar-refractivity contribution is -0.124. The maximum Gasteiger partial charge on any atom is 0.322 e. The topological polar surface area (TPSA) is 105 Å². The monoisotopic (exact) mass is 469 g/mol. The molecule has 3 aliphatic rings. The van der Waals surface area contributed by atoms with Crippen LogP contribution >= 0.6 is 11.6 Å². The number of hydrogen-bond acceptors (Lipinski definition) is 5. The third kappa shape index (κ3) is 5.05. The number of benzene rings is 1. The highest BCUT2D eigenvalue weighted by Crippen LogP contribution is 2.33. The van der Waals surface area contributed by atoms with Gasteiger partial charge in [-0.05, 0) is 61.6 Å². The number of rotatable bonds is 6. The first-order valence-electron chi connectivity index (χ1n) is 10.7. The SMILES string of the molecule is O=C1NC(=O)C(CC2CCOCC2)(CS(=O)(=O)N2CCC(c3ccc(Cl)cc3)CC2)N1. The molecule has 2 N–H and O–H groups in total. The van der Waals surface area contributed by atoms with Crippen molar-refractivity contribution in [3.63, 3.8) is 0 Å². The van der Waals surface area contributed by atoms with Crippen LogP contribution in [0.15, 0.2) is 24.3 Å². The highest BCUT2D eigenvalue weighted by Gasteiger charge is 2.51. The van der Waals surface area contributed by atoms with Crippen LogP contribution in [0.5, 0.6) is 0 Å². The number of hydrogen-bond donors (Lipinski definition) is 2. The van der Waals surface area contributed by atoms with E-state index in [1.165, 1.54) is 4.31 Å². The molecule has 0 saturated carbocycles. The first kappa shape index (κ1) is 22.5. The maximum atomic E-state index is 13.3. The van der Waals surface area contributed by atoms with Crippen LogP contribution in [0, 0.1) is 5.92 Å². The second-order valence-corrected chi connectivity index (χ2v) is 11.1. The van der Waals surface area contributed by atoms with Gasteiger partial charge in [0.1, 0.15) is 5.54 Å². The summed E-state index contributed by atoms with van der Waals surface area (Å²) in [4.78, 5) is 24.6. The van der Waals surface area contributed by atoms with Crippen molar-refractivity contribution in [3.05, 3.63) is 34.9 Å². The minimum atomic E-state index is -3.74. The minimum absolute atomic E-state index is 0.128. The van der Waals surface area contributed by atoms with E-state index in [0.717, 1.165) is 18.4 Å². The fourth-order valence-corrected chi connectivity index (χ4v) is 6.90. The van der Waals surface area contributed by atoms with Crippen molar-refractivity contribution in [2.24, 2.45) is 5.92 Å². The molecule has 0 spiro atoms. The van der Waals surface area contributed by atoms with Crippen LogP contribution < -0.4 is 10.6 Å². The Balaban J connectivity index is 1.45. The highest BCUT2D eigenvalue weighted by molar-refractivity contribution is 7.89. The van der Waals surface area contributed by atoms with E-state index in [0.29, 0.717) is 50.6 Å². The molecule has 3 fully saturated rings. The number of amides is 3. The molecule has 1 atom stereocenters. The van der Waals surface area contributed by atoms with Crippen molar-refractivity contribution in [1.82, 2.24) is 14.9 Å². The largest absolute Gasteiger partial charge is 0.381 e. The fourth-order valence-electron chi connectivity index (χ4n) is 4.88. The Morgan fingerprint density at radius 2 is 1.71 bits per heavy atom. The smallest absolute Gasteiger partial charge is 0.322 e. The van der Waals surface area contributed by atoms with E-state index < -0.39 is 33.3 Å². The Kier molecular flexibility index (Phi) is 6.57. The second-order valence-electron chi connectivity index (χ2n) is 8.73. The van der Waals surface area contributed by atoms with Gasteiger partial charge in [-0.2, -0.15) is 0 Å². The van der Waals surface area contributed by atoms with E-state index in [9.17, 15) is 18.0 Å². The summed E-state index contributed by atoms with van der Waals surface area (Å²) in [5, 5.41) is 5.56. The van der Waals surface area contributed by atoms with Gasteiger partial charge in [0.25, 0.3) is 5.91 Å². The molecule has 0 radical (unpaired) electrons. The summed E-state index contributed by atoms with van der Waals surface area (Å²) in [5.41, 5.74) is -0.273. The lowest BCUT2D eigenvalue weighted by Crippen LogP contribution is -2.56. The molecule has 3 aliphatic heterocycles. The van der Waals surface area contributed by atoms with E-state index in [4.69, 9.17) is 16.3 Å². The van der Waals surface area contributed by atoms with Crippen LogP contribution in [0.2, 0.25) is 5.02 Å². The van der Waals surface area contributed by atoms with Gasteiger partial charge in [0.2, 0.25) is 10.0 Å². The quantitative estimate of drug-likeness (QED) is 0.622. The summed E-state index contributed by atoms with van der Waals surface area (Å²) in [6, 6.07) is 7.04. The van der Waals surface area contributed by atoms with E-state index in [2.05, 4.69) is 10.6 Å². The highest BCUT2D eigenvalue weighted by atomic mass is 35.5. The zero-order valence-electron chi connectivity index (χ0n) is 17.3. The zero-order valence-corrected chi connectivity index (χ0v) is 18.9. The maximum absolute atomic E-state index is 13.3. The molecule has 3 saturated heterocycles. The minimum Gasteiger partial charge on any atom is -0.381 e. The Morgan fingerprint density at radius 1 is 1.06 bits per heavy atom. The van der Waals surface area contributed by atoms with E-state index in [-0.39, 0.29) is 11.8 Å². The molecule has 3 heterocycles. The van der Waals surface area contributed by atoms with Crippen molar-refractivity contribution < 1.29 is 22.7 Å². The summed E-state index contributed by atoms with van der Waals surface area (Å²) >= 11 is 5.96. The van der Waals surface area contributed by atoms with Crippen LogP contribution in [0.1, 0.15) is 43.6 Å². The molecular weight excluding hydrogens is 442 g/mol. The predicted molar refractivity (Wildman–Crippen MR) is 116 cm³/mol. The predicted octanol–water partition coefficient (Wildman–Crippen LogP) is 2.24. The van der Waals surface area contributed by atoms with E-state index >= 15 is 0 Å². The Hall–Kier alpha value is -1.68. The summed E-state index contributed by atoms with van der Waals surface area (Å²) in [7, 11) is -3.74. The molecule has 31 heavy (non-hydrogen) atoms. The second kappa shape index (κ2) is 9.05. The Morgan fingerprint density at radius 3 is 2.29 bits per heavy atom. The first-order chi connectivity index (χ1) is 14.8. The molecule has 1 aromatic rings. The number of carbonyl (C=O) groups is 2. The van der Waals surface area contributed by atoms with Gasteiger partial charge in [-0.25, -0.2) is 17.5 Å². The summed E-state index contributed by atoms with van der Waals surface area (Å²) in [6.45, 7) is 1.94. The first-order valence-corrected chi connectivity index (χ1v) is 12.7. The number of urea groups is 1. The number of halogens is 1. The van der Waals surface area contributed by atoms with Gasteiger partial charge in [0.05, 0.1) is 5.75 Å². The third-order valence-electron chi connectivity index (χ3n) is 6.61. The van der Waals surface area contributed by atoms with Crippen molar-refractivity contribution in [2.75, 3.05) is 32.1 Å². The molecule has 4 rings (SSSR count). The van der Waals surface area contributed by atoms with Gasteiger partial charge in [0.15, 0.2) is 0 Å². The average molecular weight is 470 g/mol. The number of nitrogens with one attached hydrogen (secondary N) is 2. The summed E-state index contributed by atoms with van der Waals surface area (Å²) in [5.74, 6) is -0.567. The van der Waals surface area contributed by atoms with Gasteiger partial charge >= 0.3 is 6.03 Å². The van der Waals surface area contributed by atoms with Crippen molar-refractivity contribution in [3.8, 4) is 0 Å². The van der Waals surface area contributed by atoms with Crippen LogP contribution in [-0.2, 0) is 19.6 Å². The molecule has 0 aliphatic carbocycles. The van der Waals surface area contributed by atoms with Gasteiger partial charge in [-0.15, -0.1) is 0 Å². The normalized spacial score (nSPS) is 26.6. The van der Waals surface area contributed by atoms with Gasteiger partial charge < -0.3 is 10.1 Å². The van der Waals surface area contributed by atoms with Crippen LogP contribution in [-0.4, -0.2) is 62.3 Å². The molecule has 1 unspecified atom stereocenters. The molecule has 0 aromatic heterocycles. The lowest BCUT2D eigenvalue weighted by Gasteiger charge is -2.36. The van der Waals surface area contributed by atoms with Crippen LogP contribution in [0.25, 0.3) is 0 Å². The molecule has 0 bridgehead atoms. The van der Waals surface area contributed by atoms with Gasteiger partial charge in [-0.1, -0.05) is 23.7 Å². The number of ether oxygens (including phenoxy) is 1. The van der Waals surface area contributed by atoms with Crippen molar-refractivity contribution in [1.29, 1.82) is 0 Å². The number of sulfonamides is 1. The molecule has 3 amide bonds. The van der Waals surface area contributed by atoms with Crippen LogP contribution in [0.4, 0.5) is 4.79 Å². The number of carbonyl (C=O) groups excluding carboxylic acids is 2. The number of nitrogens with zero attached hydrogens (tertiary/aromatic N) is 1. The molecule has 170 valence electrons. The summed E-state index contributed by atoms with van der Waals surface area (Å²) < 4.78 is 33.4. The molecule has 10 heteroatoms. The Labute approximate surface area is 187 Å². The molecule has 8 nitrogen and oxygen atoms in total. The third-order valence-corrected chi connectivity index (χ3v) is 8.87. The van der Waals surface area contributed by atoms with Crippen LogP contribution in [0.3, 0.4) is 0 Å². The van der Waals surface area contributed by atoms with Crippen molar-refractivity contribution in [2.45, 2.75) is 43.6 Å². The number of piperidine rings is 1. The van der Waals surface area contributed by atoms with Crippen molar-refractivity contribution >= 4 is 33.6 Å². The lowest BCUT2D eigenvalue weighted by atomic mass is 9.84. The standard InChI is InChI=1S/C21H28ClN3O5S/c22-18-3-1-16(2-4-18)17-5-9-25(10-6-17)31(28,29)14-21(19(26)23-20(27)24-21)13-15-7-11-30-12-8-15/h1-4,15,17H,5-14H2,(H2,23,24,26,27). The van der Waals surface area contributed by atoms with E-state index in [1.807, 2.05) is 24.3 Å². The Bertz CT molecular complexity index is 925. The fraction of sp³-hybridized carbons (Fsp3) is 0.619.